The van der Waals surface area contributed by atoms with Gasteiger partial charge in [0, 0.05) is 49.6 Å². The summed E-state index contributed by atoms with van der Waals surface area (Å²) in [6, 6.07) is 0. The van der Waals surface area contributed by atoms with Crippen LogP contribution in [0.4, 0.5) is 4.79 Å². The van der Waals surface area contributed by atoms with Crippen LogP contribution in [0.15, 0.2) is 5.38 Å². The van der Waals surface area contributed by atoms with Crippen LogP contribution in [0.25, 0.3) is 0 Å². The van der Waals surface area contributed by atoms with E-state index in [2.05, 4.69) is 11.8 Å². The molecule has 1 atom stereocenters. The lowest BCUT2D eigenvalue weighted by molar-refractivity contribution is -0.0340. The first-order valence-electron chi connectivity index (χ1n) is 10.7. The van der Waals surface area contributed by atoms with E-state index < -0.39 is 5.60 Å². The van der Waals surface area contributed by atoms with Gasteiger partial charge in [-0.2, -0.15) is 0 Å². The molecule has 1 unspecified atom stereocenters. The Bertz CT molecular complexity index is 651. The number of ether oxygens (including phenoxy) is 1. The zero-order valence-electron chi connectivity index (χ0n) is 17.2. The highest BCUT2D eigenvalue weighted by atomic mass is 35.5. The van der Waals surface area contributed by atoms with Gasteiger partial charge in [0.2, 0.25) is 0 Å². The van der Waals surface area contributed by atoms with Gasteiger partial charge in [-0.25, -0.2) is 4.79 Å². The van der Waals surface area contributed by atoms with Crippen LogP contribution in [0, 0.1) is 0 Å². The third kappa shape index (κ3) is 5.79. The first-order chi connectivity index (χ1) is 13.9. The minimum absolute atomic E-state index is 0.114. The summed E-state index contributed by atoms with van der Waals surface area (Å²) < 4.78 is 6.01. The molecule has 0 radical (unpaired) electrons. The van der Waals surface area contributed by atoms with Crippen molar-refractivity contribution in [3.05, 3.63) is 20.3 Å². The quantitative estimate of drug-likeness (QED) is 0.551. The molecule has 1 saturated heterocycles. The number of unbranched alkanes of at least 4 members (excludes halogenated alkanes) is 1. The fourth-order valence-electron chi connectivity index (χ4n) is 4.44. The molecule has 5 nitrogen and oxygen atoms in total. The van der Waals surface area contributed by atoms with E-state index >= 15 is 0 Å². The number of carbonyl (C=O) groups is 1. The highest BCUT2D eigenvalue weighted by Crippen LogP contribution is 2.47. The molecule has 29 heavy (non-hydrogen) atoms. The topological polar surface area (TPSA) is 53.0 Å². The van der Waals surface area contributed by atoms with Gasteiger partial charge < -0.3 is 14.7 Å². The molecule has 0 aromatic carbocycles. The molecular weight excluding hydrogens is 431 g/mol. The second-order valence-electron chi connectivity index (χ2n) is 8.24. The third-order valence-electron chi connectivity index (χ3n) is 6.25. The standard InChI is InChI=1S/C21H32Cl2N2O3S/c1-2-3-13-28-20(26)25-11-9-24(10-12-25)14-16(18-17(22)15-29-19(18)23)21(27)7-5-4-6-8-21/h15-16,27H,2-14H2,1H3. The average Bonchev–Trinajstić information content (AvgIpc) is 3.05. The number of carbonyl (C=O) groups excluding carboxylic acids is 1. The lowest BCUT2D eigenvalue weighted by Crippen LogP contribution is -2.52. The van der Waals surface area contributed by atoms with Crippen molar-refractivity contribution in [2.75, 3.05) is 39.3 Å². The number of hydrogen-bond donors (Lipinski definition) is 1. The maximum Gasteiger partial charge on any atom is 0.409 e. The van der Waals surface area contributed by atoms with E-state index in [1.807, 2.05) is 5.38 Å². The van der Waals surface area contributed by atoms with Crippen molar-refractivity contribution in [2.45, 2.75) is 63.4 Å². The number of rotatable bonds is 7. The molecule has 1 aromatic heterocycles. The lowest BCUT2D eigenvalue weighted by Gasteiger charge is -2.43. The Hall–Kier alpha value is -0.530. The highest BCUT2D eigenvalue weighted by Gasteiger charge is 2.42. The van der Waals surface area contributed by atoms with Crippen LogP contribution in [0.3, 0.4) is 0 Å². The number of hydrogen-bond acceptors (Lipinski definition) is 5. The van der Waals surface area contributed by atoms with Crippen molar-refractivity contribution in [3.8, 4) is 0 Å². The molecule has 0 spiro atoms. The van der Waals surface area contributed by atoms with E-state index in [1.54, 1.807) is 4.90 Å². The van der Waals surface area contributed by atoms with Gasteiger partial charge in [-0.3, -0.25) is 4.90 Å². The number of nitrogens with zero attached hydrogens (tertiary/aromatic N) is 2. The number of halogens is 2. The maximum atomic E-state index is 12.2. The minimum atomic E-state index is -0.775. The van der Waals surface area contributed by atoms with E-state index in [1.165, 1.54) is 17.8 Å². The lowest BCUT2D eigenvalue weighted by atomic mass is 9.73. The summed E-state index contributed by atoms with van der Waals surface area (Å²) in [7, 11) is 0. The highest BCUT2D eigenvalue weighted by molar-refractivity contribution is 7.15. The van der Waals surface area contributed by atoms with Crippen LogP contribution >= 0.6 is 34.5 Å². The number of piperazine rings is 1. The monoisotopic (exact) mass is 462 g/mol. The van der Waals surface area contributed by atoms with Crippen molar-refractivity contribution < 1.29 is 14.6 Å². The van der Waals surface area contributed by atoms with Crippen LogP contribution in [-0.2, 0) is 4.74 Å². The Balaban J connectivity index is 1.64. The van der Waals surface area contributed by atoms with Gasteiger partial charge in [0.1, 0.15) is 0 Å². The van der Waals surface area contributed by atoms with Crippen LogP contribution in [-0.4, -0.2) is 65.9 Å². The molecule has 1 saturated carbocycles. The summed E-state index contributed by atoms with van der Waals surface area (Å²) in [6.45, 7) is 6.06. The van der Waals surface area contributed by atoms with Crippen molar-refractivity contribution in [1.82, 2.24) is 9.80 Å². The average molecular weight is 463 g/mol. The predicted molar refractivity (Wildman–Crippen MR) is 119 cm³/mol. The fourth-order valence-corrected chi connectivity index (χ4v) is 5.98. The smallest absolute Gasteiger partial charge is 0.409 e. The van der Waals surface area contributed by atoms with Crippen molar-refractivity contribution in [2.24, 2.45) is 0 Å². The third-order valence-corrected chi connectivity index (χ3v) is 7.94. The molecule has 8 heteroatoms. The van der Waals surface area contributed by atoms with Crippen LogP contribution < -0.4 is 0 Å². The molecule has 2 aliphatic rings. The van der Waals surface area contributed by atoms with Gasteiger partial charge in [-0.15, -0.1) is 11.3 Å². The molecule has 0 bridgehead atoms. The van der Waals surface area contributed by atoms with E-state index in [0.717, 1.165) is 57.2 Å². The molecule has 3 rings (SSSR count). The van der Waals surface area contributed by atoms with Gasteiger partial charge in [-0.1, -0.05) is 55.8 Å². The van der Waals surface area contributed by atoms with E-state index in [-0.39, 0.29) is 12.0 Å². The summed E-state index contributed by atoms with van der Waals surface area (Å²) in [5, 5.41) is 14.0. The fraction of sp³-hybridized carbons (Fsp3) is 0.762. The predicted octanol–water partition coefficient (Wildman–Crippen LogP) is 5.39. The SMILES string of the molecule is CCCCOC(=O)N1CCN(CC(c2c(Cl)csc2Cl)C2(O)CCCCC2)CC1. The second kappa shape index (κ2) is 10.7. The van der Waals surface area contributed by atoms with Gasteiger partial charge in [0.15, 0.2) is 0 Å². The van der Waals surface area contributed by atoms with Gasteiger partial charge in [-0.05, 0) is 19.3 Å². The zero-order valence-corrected chi connectivity index (χ0v) is 19.5. The minimum Gasteiger partial charge on any atom is -0.449 e. The Labute approximate surface area is 187 Å². The van der Waals surface area contributed by atoms with Crippen LogP contribution in [0.5, 0.6) is 0 Å². The van der Waals surface area contributed by atoms with Crippen molar-refractivity contribution >= 4 is 40.6 Å². The molecule has 1 aliphatic carbocycles. The molecule has 1 amide bonds. The molecule has 164 valence electrons. The summed E-state index contributed by atoms with van der Waals surface area (Å²) in [4.78, 5) is 16.3. The Kier molecular flexibility index (Phi) is 8.51. The Morgan fingerprint density at radius 3 is 2.52 bits per heavy atom. The van der Waals surface area contributed by atoms with E-state index in [0.29, 0.717) is 35.6 Å². The van der Waals surface area contributed by atoms with Crippen molar-refractivity contribution in [1.29, 1.82) is 0 Å². The summed E-state index contributed by atoms with van der Waals surface area (Å²) in [5.74, 6) is -0.114. The number of amides is 1. The van der Waals surface area contributed by atoms with Crippen LogP contribution in [0.2, 0.25) is 9.36 Å². The zero-order chi connectivity index (χ0) is 20.9. The summed E-state index contributed by atoms with van der Waals surface area (Å²) in [5.41, 5.74) is 0.118. The Morgan fingerprint density at radius 1 is 1.24 bits per heavy atom. The first kappa shape index (κ1) is 23.1. The maximum absolute atomic E-state index is 12.2. The second-order valence-corrected chi connectivity index (χ2v) is 10.1. The largest absolute Gasteiger partial charge is 0.449 e. The molecule has 1 aromatic rings. The first-order valence-corrected chi connectivity index (χ1v) is 12.4. The number of aliphatic hydroxyl groups is 1. The van der Waals surface area contributed by atoms with Gasteiger partial charge in [0.05, 0.1) is 21.6 Å². The summed E-state index contributed by atoms with van der Waals surface area (Å²) in [6.07, 6.45) is 6.48. The van der Waals surface area contributed by atoms with Gasteiger partial charge in [0.25, 0.3) is 0 Å². The molecular formula is C21H32Cl2N2O3S. The molecule has 2 heterocycles. The number of thiophene rings is 1. The summed E-state index contributed by atoms with van der Waals surface area (Å²) >= 11 is 14.4. The van der Waals surface area contributed by atoms with E-state index in [9.17, 15) is 9.90 Å². The van der Waals surface area contributed by atoms with Gasteiger partial charge >= 0.3 is 6.09 Å². The molecule has 1 aliphatic heterocycles. The molecule has 1 N–H and O–H groups in total. The normalized spacial score (nSPS) is 21.2. The molecule has 2 fully saturated rings. The van der Waals surface area contributed by atoms with Crippen LogP contribution in [0.1, 0.15) is 63.4 Å². The Morgan fingerprint density at radius 2 is 1.93 bits per heavy atom. The van der Waals surface area contributed by atoms with Crippen molar-refractivity contribution in [3.63, 3.8) is 0 Å². The van der Waals surface area contributed by atoms with E-state index in [4.69, 9.17) is 27.9 Å².